The number of methoxy groups -OCH3 is 3. The molecule has 3 rings (SSSR count). The second-order valence-corrected chi connectivity index (χ2v) is 6.35. The van der Waals surface area contributed by atoms with E-state index in [1.54, 1.807) is 21.3 Å². The Balaban J connectivity index is 1.58. The van der Waals surface area contributed by atoms with Crippen molar-refractivity contribution in [1.82, 2.24) is 5.32 Å². The molecule has 0 saturated carbocycles. The number of fused-ring (bicyclic) bond motifs is 1. The van der Waals surface area contributed by atoms with Crippen molar-refractivity contribution in [3.8, 4) is 23.0 Å². The van der Waals surface area contributed by atoms with Crippen LogP contribution in [0, 0.1) is 5.92 Å². The minimum absolute atomic E-state index is 0.00895. The van der Waals surface area contributed by atoms with Gasteiger partial charge in [0.25, 0.3) is 0 Å². The SMILES string of the molecule is COc1cccc(CCNC(=O)C2COc3c(cccc3OC)C2)c1OC. The molecule has 0 saturated heterocycles. The summed E-state index contributed by atoms with van der Waals surface area (Å²) < 4.78 is 21.8. The maximum absolute atomic E-state index is 12.6. The predicted molar refractivity (Wildman–Crippen MR) is 102 cm³/mol. The maximum atomic E-state index is 12.6. The van der Waals surface area contributed by atoms with Crippen molar-refractivity contribution >= 4 is 5.91 Å². The normalized spacial score (nSPS) is 15.3. The number of hydrogen-bond donors (Lipinski definition) is 1. The molecule has 2 aromatic carbocycles. The lowest BCUT2D eigenvalue weighted by molar-refractivity contribution is -0.126. The lowest BCUT2D eigenvalue weighted by Crippen LogP contribution is -2.38. The van der Waals surface area contributed by atoms with Gasteiger partial charge in [0.15, 0.2) is 23.0 Å². The van der Waals surface area contributed by atoms with Crippen LogP contribution < -0.4 is 24.3 Å². The summed E-state index contributed by atoms with van der Waals surface area (Å²) in [6, 6.07) is 11.5. The van der Waals surface area contributed by atoms with E-state index >= 15 is 0 Å². The highest BCUT2D eigenvalue weighted by molar-refractivity contribution is 5.79. The first-order valence-corrected chi connectivity index (χ1v) is 8.94. The number of para-hydroxylation sites is 2. The third-order valence-electron chi connectivity index (χ3n) is 4.72. The Kier molecular flexibility index (Phi) is 6.06. The number of ether oxygens (including phenoxy) is 4. The van der Waals surface area contributed by atoms with Crippen molar-refractivity contribution < 1.29 is 23.7 Å². The van der Waals surface area contributed by atoms with Gasteiger partial charge in [-0.2, -0.15) is 0 Å². The summed E-state index contributed by atoms with van der Waals surface area (Å²) in [6.07, 6.45) is 1.30. The number of carbonyl (C=O) groups is 1. The zero-order chi connectivity index (χ0) is 19.2. The second-order valence-electron chi connectivity index (χ2n) is 6.35. The summed E-state index contributed by atoms with van der Waals surface area (Å²) >= 11 is 0. The summed E-state index contributed by atoms with van der Waals surface area (Å²) in [6.45, 7) is 0.867. The molecular weight excluding hydrogens is 346 g/mol. The Hall–Kier alpha value is -2.89. The molecule has 1 aliphatic rings. The van der Waals surface area contributed by atoms with Crippen molar-refractivity contribution in [3.05, 3.63) is 47.5 Å². The first kappa shape index (κ1) is 18.9. The van der Waals surface area contributed by atoms with E-state index in [1.165, 1.54) is 0 Å². The van der Waals surface area contributed by atoms with Crippen molar-refractivity contribution in [2.75, 3.05) is 34.5 Å². The lowest BCUT2D eigenvalue weighted by atomic mass is 9.95. The highest BCUT2D eigenvalue weighted by atomic mass is 16.5. The van der Waals surface area contributed by atoms with Crippen LogP contribution >= 0.6 is 0 Å². The summed E-state index contributed by atoms with van der Waals surface area (Å²) in [4.78, 5) is 12.6. The molecule has 27 heavy (non-hydrogen) atoms. The van der Waals surface area contributed by atoms with E-state index in [4.69, 9.17) is 18.9 Å². The third-order valence-corrected chi connectivity index (χ3v) is 4.72. The molecule has 0 radical (unpaired) electrons. The van der Waals surface area contributed by atoms with Gasteiger partial charge in [0.05, 0.1) is 27.2 Å². The van der Waals surface area contributed by atoms with Gasteiger partial charge in [-0.3, -0.25) is 4.79 Å². The van der Waals surface area contributed by atoms with Gasteiger partial charge in [-0.15, -0.1) is 0 Å². The Labute approximate surface area is 159 Å². The summed E-state index contributed by atoms with van der Waals surface area (Å²) in [7, 11) is 4.84. The van der Waals surface area contributed by atoms with Gasteiger partial charge in [0, 0.05) is 6.54 Å². The van der Waals surface area contributed by atoms with Gasteiger partial charge in [-0.25, -0.2) is 0 Å². The topological polar surface area (TPSA) is 66.0 Å². The van der Waals surface area contributed by atoms with Crippen LogP contribution in [0.3, 0.4) is 0 Å². The molecule has 0 bridgehead atoms. The van der Waals surface area contributed by atoms with Gasteiger partial charge < -0.3 is 24.3 Å². The zero-order valence-electron chi connectivity index (χ0n) is 15.9. The highest BCUT2D eigenvalue weighted by Crippen LogP contribution is 2.36. The van der Waals surface area contributed by atoms with Crippen LogP contribution in [0.1, 0.15) is 11.1 Å². The lowest BCUT2D eigenvalue weighted by Gasteiger charge is -2.25. The number of rotatable bonds is 7. The van der Waals surface area contributed by atoms with Crippen LogP contribution in [0.25, 0.3) is 0 Å². The number of hydrogen-bond acceptors (Lipinski definition) is 5. The quantitative estimate of drug-likeness (QED) is 0.811. The summed E-state index contributed by atoms with van der Waals surface area (Å²) in [5.74, 6) is 2.62. The van der Waals surface area contributed by atoms with E-state index in [0.29, 0.717) is 43.2 Å². The minimum atomic E-state index is -0.211. The highest BCUT2D eigenvalue weighted by Gasteiger charge is 2.27. The van der Waals surface area contributed by atoms with Gasteiger partial charge in [-0.1, -0.05) is 24.3 Å². The molecular formula is C21H25NO5. The van der Waals surface area contributed by atoms with E-state index in [1.807, 2.05) is 36.4 Å². The summed E-state index contributed by atoms with van der Waals surface area (Å²) in [5, 5.41) is 3.00. The molecule has 0 spiro atoms. The van der Waals surface area contributed by atoms with E-state index in [2.05, 4.69) is 5.32 Å². The average molecular weight is 371 g/mol. The van der Waals surface area contributed by atoms with E-state index in [9.17, 15) is 4.79 Å². The molecule has 1 heterocycles. The molecule has 6 nitrogen and oxygen atoms in total. The first-order chi connectivity index (χ1) is 13.2. The fourth-order valence-electron chi connectivity index (χ4n) is 3.34. The molecule has 6 heteroatoms. The van der Waals surface area contributed by atoms with Crippen LogP contribution in [-0.2, 0) is 17.6 Å². The standard InChI is InChI=1S/C21H25NO5/c1-24-17-8-4-6-14(19(17)26-3)10-11-22-21(23)16-12-15-7-5-9-18(25-2)20(15)27-13-16/h4-9,16H,10-13H2,1-3H3,(H,22,23). The Bertz CT molecular complexity index is 805. The molecule has 1 unspecified atom stereocenters. The largest absolute Gasteiger partial charge is 0.493 e. The van der Waals surface area contributed by atoms with Gasteiger partial charge >= 0.3 is 0 Å². The van der Waals surface area contributed by atoms with Gasteiger partial charge in [0.1, 0.15) is 6.61 Å². The van der Waals surface area contributed by atoms with Gasteiger partial charge in [0.2, 0.25) is 5.91 Å². The Morgan fingerprint density at radius 2 is 1.81 bits per heavy atom. The maximum Gasteiger partial charge on any atom is 0.226 e. The Morgan fingerprint density at radius 3 is 2.56 bits per heavy atom. The monoisotopic (exact) mass is 371 g/mol. The molecule has 0 fully saturated rings. The molecule has 0 aromatic heterocycles. The number of benzene rings is 2. The molecule has 0 aliphatic carbocycles. The van der Waals surface area contributed by atoms with Gasteiger partial charge in [-0.05, 0) is 36.1 Å². The molecule has 144 valence electrons. The van der Waals surface area contributed by atoms with Crippen LogP contribution in [0.4, 0.5) is 0 Å². The van der Waals surface area contributed by atoms with Crippen molar-refractivity contribution in [1.29, 1.82) is 0 Å². The fourth-order valence-corrected chi connectivity index (χ4v) is 3.34. The minimum Gasteiger partial charge on any atom is -0.493 e. The van der Waals surface area contributed by atoms with E-state index in [-0.39, 0.29) is 11.8 Å². The molecule has 2 aromatic rings. The molecule has 1 amide bonds. The van der Waals surface area contributed by atoms with Crippen molar-refractivity contribution in [2.24, 2.45) is 5.92 Å². The average Bonchev–Trinajstić information content (AvgIpc) is 2.72. The molecule has 1 N–H and O–H groups in total. The van der Waals surface area contributed by atoms with Crippen LogP contribution in [0.15, 0.2) is 36.4 Å². The van der Waals surface area contributed by atoms with Crippen LogP contribution in [-0.4, -0.2) is 40.4 Å². The molecule has 1 aliphatic heterocycles. The van der Waals surface area contributed by atoms with Crippen LogP contribution in [0.2, 0.25) is 0 Å². The predicted octanol–water partition coefficient (Wildman–Crippen LogP) is 2.62. The number of amides is 1. The summed E-state index contributed by atoms with van der Waals surface area (Å²) in [5.41, 5.74) is 1.99. The van der Waals surface area contributed by atoms with Crippen molar-refractivity contribution in [3.63, 3.8) is 0 Å². The van der Waals surface area contributed by atoms with E-state index in [0.717, 1.165) is 16.9 Å². The zero-order valence-corrected chi connectivity index (χ0v) is 15.9. The first-order valence-electron chi connectivity index (χ1n) is 8.94. The number of carbonyl (C=O) groups excluding carboxylic acids is 1. The van der Waals surface area contributed by atoms with Crippen LogP contribution in [0.5, 0.6) is 23.0 Å². The number of nitrogens with one attached hydrogen (secondary N) is 1. The smallest absolute Gasteiger partial charge is 0.226 e. The molecule has 1 atom stereocenters. The fraction of sp³-hybridized carbons (Fsp3) is 0.381. The Morgan fingerprint density at radius 1 is 1.07 bits per heavy atom. The third kappa shape index (κ3) is 4.10. The second kappa shape index (κ2) is 8.66. The van der Waals surface area contributed by atoms with Crippen molar-refractivity contribution in [2.45, 2.75) is 12.8 Å². The van der Waals surface area contributed by atoms with E-state index < -0.39 is 0 Å².